The molecule has 1 aromatic heterocycles. The molecule has 17 heavy (non-hydrogen) atoms. The first kappa shape index (κ1) is 11.6. The fourth-order valence-corrected chi connectivity index (χ4v) is 3.53. The molecule has 4 heteroatoms. The van der Waals surface area contributed by atoms with E-state index in [1.54, 1.807) is 6.20 Å². The fraction of sp³-hybridized carbons (Fsp3) is 0.615. The Balaban J connectivity index is 1.65. The smallest absolute Gasteiger partial charge is 0.0623 e. The molecule has 3 rings (SSSR count). The zero-order valence-corrected chi connectivity index (χ0v) is 11.3. The first-order valence-electron chi connectivity index (χ1n) is 6.23. The molecule has 4 atom stereocenters. The summed E-state index contributed by atoms with van der Waals surface area (Å²) in [5.41, 5.74) is 7.53. The van der Waals surface area contributed by atoms with Gasteiger partial charge in [-0.3, -0.25) is 4.98 Å². The number of hydrogen-bond acceptors (Lipinski definition) is 3. The van der Waals surface area contributed by atoms with Crippen molar-refractivity contribution in [3.8, 4) is 0 Å². The first-order chi connectivity index (χ1) is 8.22. The molecule has 92 valence electrons. The number of rotatable bonds is 3. The monoisotopic (exact) mass is 296 g/mol. The van der Waals surface area contributed by atoms with Gasteiger partial charge in [0.05, 0.1) is 12.2 Å². The van der Waals surface area contributed by atoms with Gasteiger partial charge in [-0.15, -0.1) is 0 Å². The summed E-state index contributed by atoms with van der Waals surface area (Å²) in [6.07, 6.45) is 9.06. The molecule has 2 aliphatic heterocycles. The molecule has 0 aliphatic carbocycles. The molecule has 0 saturated carbocycles. The molecule has 2 bridgehead atoms. The standard InChI is InChI=1S/C13H17BrN2O/c14-9-3-8(6-16-7-9)4-12(15)11-5-10-1-2-13(11)17-10/h3,6-7,10-13H,1-2,4-5,15H2. The van der Waals surface area contributed by atoms with Crippen LogP contribution in [-0.2, 0) is 11.2 Å². The Labute approximate surface area is 110 Å². The summed E-state index contributed by atoms with van der Waals surface area (Å²) < 4.78 is 6.88. The Hall–Kier alpha value is -0.450. The number of hydrogen-bond donors (Lipinski definition) is 1. The summed E-state index contributed by atoms with van der Waals surface area (Å²) in [6.45, 7) is 0. The van der Waals surface area contributed by atoms with Gasteiger partial charge in [0.1, 0.15) is 0 Å². The molecule has 0 aromatic carbocycles. The lowest BCUT2D eigenvalue weighted by Gasteiger charge is -2.25. The van der Waals surface area contributed by atoms with Crippen molar-refractivity contribution >= 4 is 15.9 Å². The van der Waals surface area contributed by atoms with Crippen molar-refractivity contribution in [3.63, 3.8) is 0 Å². The lowest BCUT2D eigenvalue weighted by molar-refractivity contribution is 0.0885. The van der Waals surface area contributed by atoms with Crippen LogP contribution in [0.15, 0.2) is 22.9 Å². The van der Waals surface area contributed by atoms with Crippen LogP contribution in [0, 0.1) is 5.92 Å². The summed E-state index contributed by atoms with van der Waals surface area (Å²) >= 11 is 3.44. The minimum Gasteiger partial charge on any atom is -0.375 e. The van der Waals surface area contributed by atoms with Crippen LogP contribution in [0.3, 0.4) is 0 Å². The molecule has 0 radical (unpaired) electrons. The second-order valence-corrected chi connectivity index (χ2v) is 6.07. The Kier molecular flexibility index (Phi) is 3.19. The number of aromatic nitrogens is 1. The third-order valence-electron chi connectivity index (χ3n) is 3.94. The zero-order valence-electron chi connectivity index (χ0n) is 9.68. The number of nitrogens with zero attached hydrogens (tertiary/aromatic N) is 1. The van der Waals surface area contributed by atoms with Gasteiger partial charge in [-0.25, -0.2) is 0 Å². The molecule has 3 nitrogen and oxygen atoms in total. The largest absolute Gasteiger partial charge is 0.375 e. The van der Waals surface area contributed by atoms with Crippen LogP contribution in [-0.4, -0.2) is 23.2 Å². The van der Waals surface area contributed by atoms with E-state index >= 15 is 0 Å². The minimum absolute atomic E-state index is 0.196. The highest BCUT2D eigenvalue weighted by molar-refractivity contribution is 9.10. The molecule has 0 amide bonds. The highest BCUT2D eigenvalue weighted by Crippen LogP contribution is 2.40. The summed E-state index contributed by atoms with van der Waals surface area (Å²) in [5, 5.41) is 0. The van der Waals surface area contributed by atoms with Gasteiger partial charge in [0.2, 0.25) is 0 Å². The van der Waals surface area contributed by atoms with E-state index in [0.717, 1.165) is 17.3 Å². The van der Waals surface area contributed by atoms with Gasteiger partial charge in [0.15, 0.2) is 0 Å². The second-order valence-electron chi connectivity index (χ2n) is 5.15. The van der Waals surface area contributed by atoms with Crippen molar-refractivity contribution < 1.29 is 4.74 Å². The molecule has 1 aromatic rings. The molecule has 3 heterocycles. The Morgan fingerprint density at radius 1 is 1.47 bits per heavy atom. The van der Waals surface area contributed by atoms with Crippen LogP contribution in [0.4, 0.5) is 0 Å². The molecule has 2 aliphatic rings. The van der Waals surface area contributed by atoms with Gasteiger partial charge in [-0.1, -0.05) is 0 Å². The van der Waals surface area contributed by atoms with Crippen molar-refractivity contribution in [3.05, 3.63) is 28.5 Å². The lowest BCUT2D eigenvalue weighted by atomic mass is 9.82. The molecule has 2 fully saturated rings. The van der Waals surface area contributed by atoms with E-state index in [4.69, 9.17) is 10.5 Å². The van der Waals surface area contributed by atoms with Crippen LogP contribution in [0.2, 0.25) is 0 Å². The number of nitrogens with two attached hydrogens (primary N) is 1. The van der Waals surface area contributed by atoms with Crippen molar-refractivity contribution in [1.29, 1.82) is 0 Å². The summed E-state index contributed by atoms with van der Waals surface area (Å²) in [6, 6.07) is 2.29. The fourth-order valence-electron chi connectivity index (χ4n) is 3.12. The van der Waals surface area contributed by atoms with Crippen LogP contribution in [0.1, 0.15) is 24.8 Å². The van der Waals surface area contributed by atoms with E-state index in [-0.39, 0.29) is 6.04 Å². The maximum atomic E-state index is 6.32. The van der Waals surface area contributed by atoms with Crippen molar-refractivity contribution in [2.75, 3.05) is 0 Å². The highest BCUT2D eigenvalue weighted by Gasteiger charge is 2.43. The average Bonchev–Trinajstić information content (AvgIpc) is 2.90. The number of fused-ring (bicyclic) bond motifs is 2. The first-order valence-corrected chi connectivity index (χ1v) is 7.02. The van der Waals surface area contributed by atoms with Crippen molar-refractivity contribution in [1.82, 2.24) is 4.98 Å². The molecular weight excluding hydrogens is 280 g/mol. The van der Waals surface area contributed by atoms with Crippen LogP contribution in [0.25, 0.3) is 0 Å². The van der Waals surface area contributed by atoms with Crippen LogP contribution in [0.5, 0.6) is 0 Å². The maximum Gasteiger partial charge on any atom is 0.0623 e. The normalized spacial score (nSPS) is 32.9. The zero-order chi connectivity index (χ0) is 11.8. The van der Waals surface area contributed by atoms with Crippen molar-refractivity contribution in [2.24, 2.45) is 11.7 Å². The predicted octanol–water partition coefficient (Wildman–Crippen LogP) is 2.28. The van der Waals surface area contributed by atoms with Crippen LogP contribution >= 0.6 is 15.9 Å². The molecular formula is C13H17BrN2O. The third kappa shape index (κ3) is 2.39. The van der Waals surface area contributed by atoms with Crippen LogP contribution < -0.4 is 5.73 Å². The van der Waals surface area contributed by atoms with Crippen molar-refractivity contribution in [2.45, 2.75) is 43.9 Å². The third-order valence-corrected chi connectivity index (χ3v) is 4.37. The lowest BCUT2D eigenvalue weighted by Crippen LogP contribution is -2.37. The summed E-state index contributed by atoms with van der Waals surface area (Å²) in [5.74, 6) is 0.535. The second kappa shape index (κ2) is 4.67. The topological polar surface area (TPSA) is 48.1 Å². The minimum atomic E-state index is 0.196. The molecule has 4 unspecified atom stereocenters. The number of halogens is 1. The average molecular weight is 297 g/mol. The van der Waals surface area contributed by atoms with E-state index in [2.05, 4.69) is 27.0 Å². The predicted molar refractivity (Wildman–Crippen MR) is 69.6 cm³/mol. The summed E-state index contributed by atoms with van der Waals surface area (Å²) in [4.78, 5) is 4.18. The van der Waals surface area contributed by atoms with E-state index < -0.39 is 0 Å². The van der Waals surface area contributed by atoms with Gasteiger partial charge in [0, 0.05) is 28.8 Å². The SMILES string of the molecule is NC(Cc1cncc(Br)c1)C1CC2CCC1O2. The van der Waals surface area contributed by atoms with Gasteiger partial charge >= 0.3 is 0 Å². The summed E-state index contributed by atoms with van der Waals surface area (Å²) in [7, 11) is 0. The molecule has 2 N–H and O–H groups in total. The van der Waals surface area contributed by atoms with E-state index in [9.17, 15) is 0 Å². The molecule has 0 spiro atoms. The van der Waals surface area contributed by atoms with Gasteiger partial charge < -0.3 is 10.5 Å². The Morgan fingerprint density at radius 2 is 2.35 bits per heavy atom. The Bertz CT molecular complexity index is 412. The van der Waals surface area contributed by atoms with E-state index in [1.807, 2.05) is 6.20 Å². The Morgan fingerprint density at radius 3 is 3.00 bits per heavy atom. The van der Waals surface area contributed by atoms with Gasteiger partial charge in [-0.05, 0) is 53.2 Å². The maximum absolute atomic E-state index is 6.32. The number of ether oxygens (including phenoxy) is 1. The van der Waals surface area contributed by atoms with Gasteiger partial charge in [0.25, 0.3) is 0 Å². The highest BCUT2D eigenvalue weighted by atomic mass is 79.9. The van der Waals surface area contributed by atoms with Gasteiger partial charge in [-0.2, -0.15) is 0 Å². The number of pyridine rings is 1. The quantitative estimate of drug-likeness (QED) is 0.931. The van der Waals surface area contributed by atoms with E-state index in [1.165, 1.54) is 18.4 Å². The molecule has 2 saturated heterocycles. The van der Waals surface area contributed by atoms with E-state index in [0.29, 0.717) is 18.1 Å².